The quantitative estimate of drug-likeness (QED) is 0.718. The van der Waals surface area contributed by atoms with Gasteiger partial charge in [-0.25, -0.2) is 12.8 Å². The molecule has 2 aromatic rings. The Hall–Kier alpha value is -1.83. The number of carbonyl (C=O) groups is 1. The van der Waals surface area contributed by atoms with Crippen molar-refractivity contribution in [2.75, 3.05) is 10.6 Å². The van der Waals surface area contributed by atoms with E-state index in [2.05, 4.69) is 5.32 Å². The fraction of sp³-hybridized carbons (Fsp3) is 0.278. The highest BCUT2D eigenvalue weighted by atomic mass is 35.5. The summed E-state index contributed by atoms with van der Waals surface area (Å²) in [6.07, 6.45) is 1.09. The minimum Gasteiger partial charge on any atom is -0.350 e. The number of para-hydroxylation sites is 1. The third-order valence-corrected chi connectivity index (χ3v) is 5.64. The standard InChI is InChI=1S/C18H19Cl2FN2O3S/c1-3-16(18(24)22-11-12-8-9-13(19)10-14(12)20)23(27(2,25)26)17-7-5-4-6-15(17)21/h4-10,16H,3,11H2,1-2H3,(H,22,24). The first-order chi connectivity index (χ1) is 12.6. The molecular formula is C18H19Cl2FN2O3S. The van der Waals surface area contributed by atoms with Crippen molar-refractivity contribution in [2.24, 2.45) is 0 Å². The van der Waals surface area contributed by atoms with E-state index in [1.807, 2.05) is 0 Å². The number of rotatable bonds is 7. The maximum atomic E-state index is 14.2. The van der Waals surface area contributed by atoms with Gasteiger partial charge < -0.3 is 5.32 Å². The first kappa shape index (κ1) is 21.5. The molecule has 0 aromatic heterocycles. The Labute approximate surface area is 168 Å². The molecule has 146 valence electrons. The summed E-state index contributed by atoms with van der Waals surface area (Å²) in [6, 6.07) is 9.16. The van der Waals surface area contributed by atoms with Gasteiger partial charge in [-0.05, 0) is 36.2 Å². The minimum atomic E-state index is -3.90. The van der Waals surface area contributed by atoms with Crippen LogP contribution in [0.4, 0.5) is 10.1 Å². The molecule has 0 heterocycles. The number of benzene rings is 2. The van der Waals surface area contributed by atoms with Crippen LogP contribution in [0.5, 0.6) is 0 Å². The van der Waals surface area contributed by atoms with Crippen molar-refractivity contribution in [3.05, 3.63) is 63.9 Å². The van der Waals surface area contributed by atoms with E-state index in [4.69, 9.17) is 23.2 Å². The van der Waals surface area contributed by atoms with Crippen LogP contribution in [0.25, 0.3) is 0 Å². The van der Waals surface area contributed by atoms with Gasteiger partial charge in [0.25, 0.3) is 0 Å². The number of hydrogen-bond acceptors (Lipinski definition) is 3. The first-order valence-electron chi connectivity index (χ1n) is 8.10. The number of nitrogens with zero attached hydrogens (tertiary/aromatic N) is 1. The third kappa shape index (κ3) is 5.34. The number of carbonyl (C=O) groups excluding carboxylic acids is 1. The molecule has 2 rings (SSSR count). The first-order valence-corrected chi connectivity index (χ1v) is 10.7. The van der Waals surface area contributed by atoms with Crippen molar-refractivity contribution in [3.8, 4) is 0 Å². The molecule has 1 unspecified atom stereocenters. The van der Waals surface area contributed by atoms with Crippen LogP contribution in [-0.2, 0) is 21.4 Å². The van der Waals surface area contributed by atoms with Crippen LogP contribution in [-0.4, -0.2) is 26.6 Å². The molecule has 0 bridgehead atoms. The summed E-state index contributed by atoms with van der Waals surface area (Å²) in [5.74, 6) is -1.29. The summed E-state index contributed by atoms with van der Waals surface area (Å²) in [5.41, 5.74) is 0.451. The van der Waals surface area contributed by atoms with Crippen LogP contribution >= 0.6 is 23.2 Å². The van der Waals surface area contributed by atoms with Crippen molar-refractivity contribution in [1.29, 1.82) is 0 Å². The Kier molecular flexibility index (Phi) is 7.08. The Morgan fingerprint density at radius 2 is 1.89 bits per heavy atom. The zero-order valence-electron chi connectivity index (χ0n) is 14.7. The molecule has 27 heavy (non-hydrogen) atoms. The summed E-state index contributed by atoms with van der Waals surface area (Å²) in [7, 11) is -3.90. The zero-order valence-corrected chi connectivity index (χ0v) is 17.1. The highest BCUT2D eigenvalue weighted by molar-refractivity contribution is 7.92. The molecule has 0 aliphatic heterocycles. The molecule has 2 aromatic carbocycles. The molecule has 0 spiro atoms. The van der Waals surface area contributed by atoms with Gasteiger partial charge >= 0.3 is 0 Å². The Balaban J connectivity index is 2.28. The van der Waals surface area contributed by atoms with E-state index in [1.165, 1.54) is 18.2 Å². The predicted molar refractivity (Wildman–Crippen MR) is 106 cm³/mol. The van der Waals surface area contributed by atoms with Gasteiger partial charge in [-0.2, -0.15) is 0 Å². The lowest BCUT2D eigenvalue weighted by Gasteiger charge is -2.30. The largest absolute Gasteiger partial charge is 0.350 e. The van der Waals surface area contributed by atoms with Crippen LogP contribution in [0.3, 0.4) is 0 Å². The van der Waals surface area contributed by atoms with Crippen LogP contribution < -0.4 is 9.62 Å². The molecule has 1 atom stereocenters. The number of hydrogen-bond donors (Lipinski definition) is 1. The van der Waals surface area contributed by atoms with E-state index in [1.54, 1.807) is 25.1 Å². The third-order valence-electron chi connectivity index (χ3n) is 3.89. The lowest BCUT2D eigenvalue weighted by molar-refractivity contribution is -0.122. The zero-order chi connectivity index (χ0) is 20.2. The van der Waals surface area contributed by atoms with Gasteiger partial charge in [-0.15, -0.1) is 0 Å². The van der Waals surface area contributed by atoms with E-state index in [0.29, 0.717) is 15.6 Å². The van der Waals surface area contributed by atoms with E-state index in [0.717, 1.165) is 16.6 Å². The SMILES string of the molecule is CCC(C(=O)NCc1ccc(Cl)cc1Cl)N(c1ccccc1F)S(C)(=O)=O. The van der Waals surface area contributed by atoms with Gasteiger partial charge in [0.05, 0.1) is 11.9 Å². The van der Waals surface area contributed by atoms with Gasteiger partial charge in [0, 0.05) is 16.6 Å². The smallest absolute Gasteiger partial charge is 0.244 e. The van der Waals surface area contributed by atoms with E-state index in [9.17, 15) is 17.6 Å². The summed E-state index contributed by atoms with van der Waals surface area (Å²) in [6.45, 7) is 1.73. The summed E-state index contributed by atoms with van der Waals surface area (Å²) < 4.78 is 39.6. The fourth-order valence-electron chi connectivity index (χ4n) is 2.63. The van der Waals surface area contributed by atoms with E-state index in [-0.39, 0.29) is 18.7 Å². The Morgan fingerprint density at radius 1 is 1.22 bits per heavy atom. The second-order valence-electron chi connectivity index (χ2n) is 5.89. The second kappa shape index (κ2) is 8.91. The van der Waals surface area contributed by atoms with Crippen molar-refractivity contribution >= 4 is 44.8 Å². The average Bonchev–Trinajstić information content (AvgIpc) is 2.58. The van der Waals surface area contributed by atoms with Crippen molar-refractivity contribution in [3.63, 3.8) is 0 Å². The monoisotopic (exact) mass is 432 g/mol. The van der Waals surface area contributed by atoms with Crippen molar-refractivity contribution in [2.45, 2.75) is 25.9 Å². The Morgan fingerprint density at radius 3 is 2.44 bits per heavy atom. The molecule has 1 amide bonds. The molecule has 0 aliphatic rings. The maximum absolute atomic E-state index is 14.2. The lowest BCUT2D eigenvalue weighted by atomic mass is 10.1. The van der Waals surface area contributed by atoms with Gasteiger partial charge in [-0.3, -0.25) is 9.10 Å². The summed E-state index contributed by atoms with van der Waals surface area (Å²) >= 11 is 11.9. The van der Waals surface area contributed by atoms with Gasteiger partial charge in [0.15, 0.2) is 0 Å². The molecule has 0 radical (unpaired) electrons. The second-order valence-corrected chi connectivity index (χ2v) is 8.59. The molecule has 1 N–H and O–H groups in total. The number of sulfonamides is 1. The molecule has 9 heteroatoms. The molecule has 0 saturated carbocycles. The normalized spacial score (nSPS) is 12.5. The maximum Gasteiger partial charge on any atom is 0.244 e. The van der Waals surface area contributed by atoms with E-state index < -0.39 is 27.8 Å². The van der Waals surface area contributed by atoms with Crippen LogP contribution in [0.15, 0.2) is 42.5 Å². The summed E-state index contributed by atoms with van der Waals surface area (Å²) in [5, 5.41) is 3.50. The van der Waals surface area contributed by atoms with Gasteiger partial charge in [0.1, 0.15) is 11.9 Å². The highest BCUT2D eigenvalue weighted by Gasteiger charge is 2.32. The van der Waals surface area contributed by atoms with Crippen LogP contribution in [0.2, 0.25) is 10.0 Å². The molecule has 0 saturated heterocycles. The molecule has 0 fully saturated rings. The van der Waals surface area contributed by atoms with Gasteiger partial charge in [0.2, 0.25) is 15.9 Å². The summed E-state index contributed by atoms with van der Waals surface area (Å²) in [4.78, 5) is 12.7. The molecular weight excluding hydrogens is 414 g/mol. The van der Waals surface area contributed by atoms with Crippen molar-refractivity contribution in [1.82, 2.24) is 5.32 Å². The molecule has 5 nitrogen and oxygen atoms in total. The fourth-order valence-corrected chi connectivity index (χ4v) is 4.32. The lowest BCUT2D eigenvalue weighted by Crippen LogP contribution is -2.49. The van der Waals surface area contributed by atoms with Gasteiger partial charge in [-0.1, -0.05) is 48.3 Å². The van der Waals surface area contributed by atoms with E-state index >= 15 is 0 Å². The number of amides is 1. The number of anilines is 1. The Bertz CT molecular complexity index is 938. The number of halogens is 3. The predicted octanol–water partition coefficient (Wildman–Crippen LogP) is 3.99. The molecule has 0 aliphatic carbocycles. The van der Waals surface area contributed by atoms with Crippen molar-refractivity contribution < 1.29 is 17.6 Å². The topological polar surface area (TPSA) is 66.5 Å². The average molecular weight is 433 g/mol. The minimum absolute atomic E-state index is 0.0835. The highest BCUT2D eigenvalue weighted by Crippen LogP contribution is 2.26. The van der Waals surface area contributed by atoms with Crippen LogP contribution in [0.1, 0.15) is 18.9 Å². The van der Waals surface area contributed by atoms with Crippen LogP contribution in [0, 0.1) is 5.82 Å². The number of nitrogens with one attached hydrogen (secondary N) is 1.